The van der Waals surface area contributed by atoms with Crippen molar-refractivity contribution in [3.63, 3.8) is 0 Å². The molecule has 0 N–H and O–H groups in total. The van der Waals surface area contributed by atoms with Gasteiger partial charge < -0.3 is 4.74 Å². The van der Waals surface area contributed by atoms with Gasteiger partial charge in [-0.2, -0.15) is 0 Å². The van der Waals surface area contributed by atoms with E-state index in [1.807, 2.05) is 13.0 Å². The van der Waals surface area contributed by atoms with Gasteiger partial charge in [0, 0.05) is 20.2 Å². The van der Waals surface area contributed by atoms with Gasteiger partial charge in [0.2, 0.25) is 0 Å². The molecular weight excluding hydrogens is 304 g/mol. The maximum Gasteiger partial charge on any atom is 0.310 e. The number of rotatable bonds is 5. The molecule has 1 heterocycles. The summed E-state index contributed by atoms with van der Waals surface area (Å²) in [6.07, 6.45) is 1.45. The zero-order chi connectivity index (χ0) is 16.4. The molecule has 3 aromatic rings. The molecule has 0 radical (unpaired) electrons. The summed E-state index contributed by atoms with van der Waals surface area (Å²) in [4.78, 5) is 11.6. The first-order valence-electron chi connectivity index (χ1n) is 8.16. The van der Waals surface area contributed by atoms with Crippen LogP contribution in [0.5, 0.6) is 0 Å². The van der Waals surface area contributed by atoms with Crippen LogP contribution in [0, 0.1) is 5.92 Å². The number of carbonyl (C=O) groups excluding carboxylic acids is 1. The molecule has 23 heavy (non-hydrogen) atoms. The summed E-state index contributed by atoms with van der Waals surface area (Å²) < 4.78 is 7.58. The molecule has 0 saturated carbocycles. The van der Waals surface area contributed by atoms with Crippen LogP contribution >= 0.6 is 11.3 Å². The number of hydrogen-bond donors (Lipinski definition) is 0. The fourth-order valence-corrected chi connectivity index (χ4v) is 4.11. The van der Waals surface area contributed by atoms with E-state index in [9.17, 15) is 4.79 Å². The molecule has 2 nitrogen and oxygen atoms in total. The lowest BCUT2D eigenvalue weighted by atomic mass is 10.0. The van der Waals surface area contributed by atoms with E-state index in [0.29, 0.717) is 18.9 Å². The van der Waals surface area contributed by atoms with Crippen LogP contribution in [0.1, 0.15) is 31.9 Å². The third-order valence-electron chi connectivity index (χ3n) is 3.90. The van der Waals surface area contributed by atoms with Crippen molar-refractivity contribution in [3.05, 3.63) is 47.5 Å². The Balaban J connectivity index is 1.97. The number of ether oxygens (including phenoxy) is 1. The van der Waals surface area contributed by atoms with Crippen molar-refractivity contribution >= 4 is 37.5 Å². The van der Waals surface area contributed by atoms with Gasteiger partial charge in [0.1, 0.15) is 0 Å². The van der Waals surface area contributed by atoms with Crippen molar-refractivity contribution in [2.75, 3.05) is 6.61 Å². The van der Waals surface area contributed by atoms with Crippen molar-refractivity contribution in [2.45, 2.75) is 33.6 Å². The third kappa shape index (κ3) is 3.56. The number of thiophene rings is 1. The minimum atomic E-state index is -0.160. The minimum absolute atomic E-state index is 0.160. The van der Waals surface area contributed by atoms with E-state index in [1.165, 1.54) is 25.7 Å². The Morgan fingerprint density at radius 2 is 1.83 bits per heavy atom. The maximum absolute atomic E-state index is 11.6. The highest BCUT2D eigenvalue weighted by Crippen LogP contribution is 2.35. The summed E-state index contributed by atoms with van der Waals surface area (Å²) in [7, 11) is 0. The lowest BCUT2D eigenvalue weighted by Crippen LogP contribution is -2.07. The van der Waals surface area contributed by atoms with Gasteiger partial charge in [0.25, 0.3) is 0 Å². The van der Waals surface area contributed by atoms with Crippen LogP contribution in [0.3, 0.4) is 0 Å². The highest BCUT2D eigenvalue weighted by Gasteiger charge is 2.10. The normalized spacial score (nSPS) is 11.5. The van der Waals surface area contributed by atoms with Crippen LogP contribution < -0.4 is 0 Å². The molecule has 0 fully saturated rings. The molecule has 0 atom stereocenters. The second-order valence-electron chi connectivity index (χ2n) is 6.34. The van der Waals surface area contributed by atoms with E-state index in [1.54, 1.807) is 11.3 Å². The molecule has 0 saturated heterocycles. The monoisotopic (exact) mass is 326 g/mol. The molecule has 0 aliphatic carbocycles. The molecule has 120 valence electrons. The summed E-state index contributed by atoms with van der Waals surface area (Å²) in [5.41, 5.74) is 2.41. The van der Waals surface area contributed by atoms with E-state index in [2.05, 4.69) is 44.2 Å². The molecule has 0 aliphatic rings. The zero-order valence-electron chi connectivity index (χ0n) is 13.9. The Morgan fingerprint density at radius 1 is 1.04 bits per heavy atom. The first kappa shape index (κ1) is 16.0. The largest absolute Gasteiger partial charge is 0.466 e. The summed E-state index contributed by atoms with van der Waals surface area (Å²) in [6.45, 7) is 6.76. The molecule has 2 aromatic carbocycles. The Morgan fingerprint density at radius 3 is 2.57 bits per heavy atom. The summed E-state index contributed by atoms with van der Waals surface area (Å²) in [5, 5.41) is 2.61. The van der Waals surface area contributed by atoms with Crippen LogP contribution in [-0.4, -0.2) is 12.6 Å². The standard InChI is InChI=1S/C20H22O2S/c1-4-22-20(21)12-15-5-7-16-17-10-14(9-13(2)3)6-8-18(17)23-19(16)11-15/h5-8,10-11,13H,4,9,12H2,1-3H3. The number of hydrogen-bond acceptors (Lipinski definition) is 3. The Bertz CT molecular complexity index is 845. The molecule has 1 aromatic heterocycles. The molecule has 3 heteroatoms. The van der Waals surface area contributed by atoms with Crippen molar-refractivity contribution in [2.24, 2.45) is 5.92 Å². The highest BCUT2D eigenvalue weighted by atomic mass is 32.1. The average molecular weight is 326 g/mol. The van der Waals surface area contributed by atoms with E-state index in [0.717, 1.165) is 12.0 Å². The predicted octanol–water partition coefficient (Wildman–Crippen LogP) is 5.36. The minimum Gasteiger partial charge on any atom is -0.466 e. The molecule has 3 rings (SSSR count). The predicted molar refractivity (Wildman–Crippen MR) is 98.2 cm³/mol. The number of esters is 1. The van der Waals surface area contributed by atoms with E-state index < -0.39 is 0 Å². The lowest BCUT2D eigenvalue weighted by molar-refractivity contribution is -0.142. The van der Waals surface area contributed by atoms with Crippen LogP contribution in [0.2, 0.25) is 0 Å². The summed E-state index contributed by atoms with van der Waals surface area (Å²) >= 11 is 1.79. The lowest BCUT2D eigenvalue weighted by Gasteiger charge is -2.05. The van der Waals surface area contributed by atoms with Gasteiger partial charge in [-0.3, -0.25) is 4.79 Å². The van der Waals surface area contributed by atoms with Gasteiger partial charge in [-0.15, -0.1) is 11.3 Å². The maximum atomic E-state index is 11.6. The first-order valence-corrected chi connectivity index (χ1v) is 8.98. The van der Waals surface area contributed by atoms with Gasteiger partial charge in [0.15, 0.2) is 0 Å². The SMILES string of the molecule is CCOC(=O)Cc1ccc2c(c1)sc1ccc(CC(C)C)cc12. The molecule has 0 bridgehead atoms. The summed E-state index contributed by atoms with van der Waals surface area (Å²) in [6, 6.07) is 13.1. The van der Waals surface area contributed by atoms with Gasteiger partial charge in [-0.05, 0) is 48.6 Å². The molecule has 0 spiro atoms. The quantitative estimate of drug-likeness (QED) is 0.590. The second-order valence-corrected chi connectivity index (χ2v) is 7.43. The smallest absolute Gasteiger partial charge is 0.310 e. The third-order valence-corrected chi connectivity index (χ3v) is 5.03. The van der Waals surface area contributed by atoms with E-state index >= 15 is 0 Å². The molecule has 0 unspecified atom stereocenters. The van der Waals surface area contributed by atoms with Crippen molar-refractivity contribution < 1.29 is 9.53 Å². The second kappa shape index (κ2) is 6.71. The molecular formula is C20H22O2S. The number of fused-ring (bicyclic) bond motifs is 3. The Kier molecular flexibility index (Phi) is 4.67. The Labute approximate surface area is 141 Å². The van der Waals surface area contributed by atoms with E-state index in [-0.39, 0.29) is 5.97 Å². The van der Waals surface area contributed by atoms with Gasteiger partial charge in [-0.1, -0.05) is 32.0 Å². The Hall–Kier alpha value is -1.87. The highest BCUT2D eigenvalue weighted by molar-refractivity contribution is 7.25. The van der Waals surface area contributed by atoms with Gasteiger partial charge >= 0.3 is 5.97 Å². The van der Waals surface area contributed by atoms with Gasteiger partial charge in [-0.25, -0.2) is 0 Å². The topological polar surface area (TPSA) is 26.3 Å². The number of benzene rings is 2. The van der Waals surface area contributed by atoms with Crippen molar-refractivity contribution in [1.82, 2.24) is 0 Å². The summed E-state index contributed by atoms with van der Waals surface area (Å²) in [5.74, 6) is 0.501. The van der Waals surface area contributed by atoms with Crippen molar-refractivity contribution in [3.8, 4) is 0 Å². The van der Waals surface area contributed by atoms with Crippen LogP contribution in [0.4, 0.5) is 0 Å². The number of carbonyl (C=O) groups is 1. The molecule has 0 amide bonds. The van der Waals surface area contributed by atoms with Crippen LogP contribution in [0.15, 0.2) is 36.4 Å². The van der Waals surface area contributed by atoms with Crippen molar-refractivity contribution in [1.29, 1.82) is 0 Å². The molecule has 0 aliphatic heterocycles. The zero-order valence-corrected chi connectivity index (χ0v) is 14.7. The van der Waals surface area contributed by atoms with Crippen LogP contribution in [-0.2, 0) is 22.4 Å². The fourth-order valence-electron chi connectivity index (χ4n) is 2.96. The first-order chi connectivity index (χ1) is 11.1. The van der Waals surface area contributed by atoms with Gasteiger partial charge in [0.05, 0.1) is 13.0 Å². The van der Waals surface area contributed by atoms with E-state index in [4.69, 9.17) is 4.74 Å². The van der Waals surface area contributed by atoms with Crippen LogP contribution in [0.25, 0.3) is 20.2 Å². The fraction of sp³-hybridized carbons (Fsp3) is 0.350. The average Bonchev–Trinajstić information content (AvgIpc) is 2.84.